The van der Waals surface area contributed by atoms with Gasteiger partial charge in [-0.1, -0.05) is 6.07 Å². The smallest absolute Gasteiger partial charge is 0.253 e. The maximum Gasteiger partial charge on any atom is 0.253 e. The van der Waals surface area contributed by atoms with Crippen LogP contribution >= 0.6 is 0 Å². The molecule has 0 bridgehead atoms. The second-order valence-corrected chi connectivity index (χ2v) is 5.50. The van der Waals surface area contributed by atoms with Gasteiger partial charge in [-0.3, -0.25) is 4.79 Å². The summed E-state index contributed by atoms with van der Waals surface area (Å²) in [6, 6.07) is 8.29. The zero-order chi connectivity index (χ0) is 13.8. The predicted octanol–water partition coefficient (Wildman–Crippen LogP) is 1.89. The summed E-state index contributed by atoms with van der Waals surface area (Å²) in [5, 5.41) is 3.54. The van der Waals surface area contributed by atoms with Crippen molar-refractivity contribution in [2.75, 3.05) is 39.5 Å². The van der Waals surface area contributed by atoms with Gasteiger partial charge in [0.15, 0.2) is 0 Å². The van der Waals surface area contributed by atoms with Crippen molar-refractivity contribution >= 4 is 11.6 Å². The Morgan fingerprint density at radius 3 is 2.63 bits per heavy atom. The molecule has 4 nitrogen and oxygen atoms in total. The molecule has 4 heteroatoms. The molecule has 104 valence electrons. The molecule has 0 aromatic heterocycles. The fraction of sp³-hybridized carbons (Fsp3) is 0.533. The SMILES string of the molecule is CN1CCC(Nc2cccc(C(=O)N(C)C)c2)CC1. The third-order valence-electron chi connectivity index (χ3n) is 3.61. The number of piperidine rings is 1. The van der Waals surface area contributed by atoms with E-state index in [4.69, 9.17) is 0 Å². The quantitative estimate of drug-likeness (QED) is 0.902. The number of benzene rings is 1. The molecule has 0 radical (unpaired) electrons. The van der Waals surface area contributed by atoms with E-state index in [0.29, 0.717) is 6.04 Å². The van der Waals surface area contributed by atoms with E-state index in [0.717, 1.165) is 37.2 Å². The zero-order valence-corrected chi connectivity index (χ0v) is 12.0. The number of hydrogen-bond donors (Lipinski definition) is 1. The van der Waals surface area contributed by atoms with Crippen LogP contribution in [0.1, 0.15) is 23.2 Å². The van der Waals surface area contributed by atoms with Crippen LogP contribution < -0.4 is 5.32 Å². The minimum atomic E-state index is 0.0482. The van der Waals surface area contributed by atoms with Gasteiger partial charge in [0.2, 0.25) is 0 Å². The van der Waals surface area contributed by atoms with Crippen LogP contribution in [-0.2, 0) is 0 Å². The first-order chi connectivity index (χ1) is 9.06. The van der Waals surface area contributed by atoms with Crippen LogP contribution in [0.25, 0.3) is 0 Å². The molecule has 1 aliphatic rings. The Bertz CT molecular complexity index is 437. The van der Waals surface area contributed by atoms with E-state index in [9.17, 15) is 4.79 Å². The lowest BCUT2D eigenvalue weighted by Crippen LogP contribution is -2.36. The molecule has 1 saturated heterocycles. The second kappa shape index (κ2) is 6.06. The molecule has 0 aliphatic carbocycles. The van der Waals surface area contributed by atoms with Crippen LogP contribution in [-0.4, -0.2) is 56.0 Å². The highest BCUT2D eigenvalue weighted by atomic mass is 16.2. The predicted molar refractivity (Wildman–Crippen MR) is 78.6 cm³/mol. The molecule has 19 heavy (non-hydrogen) atoms. The molecule has 1 N–H and O–H groups in total. The maximum atomic E-state index is 11.9. The summed E-state index contributed by atoms with van der Waals surface area (Å²) < 4.78 is 0. The van der Waals surface area contributed by atoms with Crippen LogP contribution in [0.5, 0.6) is 0 Å². The number of anilines is 1. The summed E-state index contributed by atoms with van der Waals surface area (Å²) >= 11 is 0. The first kappa shape index (κ1) is 13.9. The van der Waals surface area contributed by atoms with Gasteiger partial charge in [0, 0.05) is 31.4 Å². The molecular weight excluding hydrogens is 238 g/mol. The van der Waals surface area contributed by atoms with E-state index in [1.165, 1.54) is 0 Å². The van der Waals surface area contributed by atoms with Crippen molar-refractivity contribution in [3.8, 4) is 0 Å². The number of nitrogens with one attached hydrogen (secondary N) is 1. The minimum Gasteiger partial charge on any atom is -0.382 e. The highest BCUT2D eigenvalue weighted by Crippen LogP contribution is 2.17. The van der Waals surface area contributed by atoms with Gasteiger partial charge in [-0.2, -0.15) is 0 Å². The van der Waals surface area contributed by atoms with Crippen LogP contribution in [0, 0.1) is 0 Å². The summed E-state index contributed by atoms with van der Waals surface area (Å²) in [6.45, 7) is 2.27. The van der Waals surface area contributed by atoms with E-state index < -0.39 is 0 Å². The number of nitrogens with zero attached hydrogens (tertiary/aromatic N) is 2. The molecular formula is C15H23N3O. The molecule has 0 atom stereocenters. The first-order valence-electron chi connectivity index (χ1n) is 6.83. The Labute approximate surface area is 115 Å². The van der Waals surface area contributed by atoms with E-state index >= 15 is 0 Å². The minimum absolute atomic E-state index is 0.0482. The highest BCUT2D eigenvalue weighted by molar-refractivity contribution is 5.94. The molecule has 0 spiro atoms. The number of carbonyl (C=O) groups is 1. The Balaban J connectivity index is 2.01. The maximum absolute atomic E-state index is 11.9. The third-order valence-corrected chi connectivity index (χ3v) is 3.61. The van der Waals surface area contributed by atoms with Crippen LogP contribution in [0.3, 0.4) is 0 Å². The van der Waals surface area contributed by atoms with Crippen molar-refractivity contribution in [1.29, 1.82) is 0 Å². The van der Waals surface area contributed by atoms with Gasteiger partial charge >= 0.3 is 0 Å². The Morgan fingerprint density at radius 2 is 2.00 bits per heavy atom. The van der Waals surface area contributed by atoms with Crippen LogP contribution in [0.15, 0.2) is 24.3 Å². The van der Waals surface area contributed by atoms with Gasteiger partial charge in [-0.15, -0.1) is 0 Å². The molecule has 1 heterocycles. The summed E-state index contributed by atoms with van der Waals surface area (Å²) in [6.07, 6.45) is 2.31. The van der Waals surface area contributed by atoms with Gasteiger partial charge in [-0.05, 0) is 51.2 Å². The fourth-order valence-corrected chi connectivity index (χ4v) is 2.39. The van der Waals surface area contributed by atoms with Crippen LogP contribution in [0.2, 0.25) is 0 Å². The topological polar surface area (TPSA) is 35.6 Å². The van der Waals surface area contributed by atoms with Crippen molar-refractivity contribution in [3.63, 3.8) is 0 Å². The van der Waals surface area contributed by atoms with Crippen molar-refractivity contribution in [2.24, 2.45) is 0 Å². The Hall–Kier alpha value is -1.55. The third kappa shape index (κ3) is 3.70. The number of rotatable bonds is 3. The lowest BCUT2D eigenvalue weighted by molar-refractivity contribution is 0.0827. The van der Waals surface area contributed by atoms with E-state index in [1.54, 1.807) is 19.0 Å². The molecule has 2 rings (SSSR count). The number of hydrogen-bond acceptors (Lipinski definition) is 3. The standard InChI is InChI=1S/C15H23N3O/c1-17(2)15(19)12-5-4-6-14(11-12)16-13-7-9-18(3)10-8-13/h4-6,11,13,16H,7-10H2,1-3H3. The van der Waals surface area contributed by atoms with E-state index in [1.807, 2.05) is 24.3 Å². The van der Waals surface area contributed by atoms with E-state index in [-0.39, 0.29) is 5.91 Å². The highest BCUT2D eigenvalue weighted by Gasteiger charge is 2.16. The van der Waals surface area contributed by atoms with Gasteiger partial charge in [0.25, 0.3) is 5.91 Å². The largest absolute Gasteiger partial charge is 0.382 e. The normalized spacial score (nSPS) is 17.2. The second-order valence-electron chi connectivity index (χ2n) is 5.50. The molecule has 0 unspecified atom stereocenters. The molecule has 1 fully saturated rings. The van der Waals surface area contributed by atoms with Gasteiger partial charge < -0.3 is 15.1 Å². The summed E-state index contributed by atoms with van der Waals surface area (Å²) in [5.74, 6) is 0.0482. The molecule has 1 aliphatic heterocycles. The lowest BCUT2D eigenvalue weighted by atomic mass is 10.0. The summed E-state index contributed by atoms with van der Waals surface area (Å²) in [5.41, 5.74) is 1.78. The zero-order valence-electron chi connectivity index (χ0n) is 12.0. The first-order valence-corrected chi connectivity index (χ1v) is 6.83. The van der Waals surface area contributed by atoms with Gasteiger partial charge in [-0.25, -0.2) is 0 Å². The number of carbonyl (C=O) groups excluding carboxylic acids is 1. The van der Waals surface area contributed by atoms with Crippen molar-refractivity contribution in [2.45, 2.75) is 18.9 Å². The average molecular weight is 261 g/mol. The van der Waals surface area contributed by atoms with Crippen LogP contribution in [0.4, 0.5) is 5.69 Å². The van der Waals surface area contributed by atoms with Crippen molar-refractivity contribution in [3.05, 3.63) is 29.8 Å². The number of likely N-dealkylation sites (tertiary alicyclic amines) is 1. The average Bonchev–Trinajstić information content (AvgIpc) is 2.41. The van der Waals surface area contributed by atoms with Gasteiger partial charge in [0.05, 0.1) is 0 Å². The Morgan fingerprint density at radius 1 is 1.32 bits per heavy atom. The van der Waals surface area contributed by atoms with Crippen molar-refractivity contribution < 1.29 is 4.79 Å². The number of amides is 1. The Kier molecular flexibility index (Phi) is 4.43. The monoisotopic (exact) mass is 261 g/mol. The molecule has 0 saturated carbocycles. The fourth-order valence-electron chi connectivity index (χ4n) is 2.39. The van der Waals surface area contributed by atoms with Crippen molar-refractivity contribution in [1.82, 2.24) is 9.80 Å². The molecule has 1 aromatic rings. The lowest BCUT2D eigenvalue weighted by Gasteiger charge is -2.30. The van der Waals surface area contributed by atoms with Gasteiger partial charge in [0.1, 0.15) is 0 Å². The summed E-state index contributed by atoms with van der Waals surface area (Å²) in [4.78, 5) is 15.9. The molecule has 1 aromatic carbocycles. The molecule has 1 amide bonds. The van der Waals surface area contributed by atoms with E-state index in [2.05, 4.69) is 17.3 Å². The summed E-state index contributed by atoms with van der Waals surface area (Å²) in [7, 11) is 5.71.